The molecule has 1 heterocycles. The summed E-state index contributed by atoms with van der Waals surface area (Å²) in [5, 5.41) is 14.9. The second-order valence-electron chi connectivity index (χ2n) is 7.10. The molecule has 29 heavy (non-hydrogen) atoms. The topological polar surface area (TPSA) is 37.2 Å². The second kappa shape index (κ2) is 8.15. The highest BCUT2D eigenvalue weighted by molar-refractivity contribution is 5.96. The summed E-state index contributed by atoms with van der Waals surface area (Å²) in [6, 6.07) is 20.0. The zero-order valence-electron chi connectivity index (χ0n) is 16.0. The number of aromatic nitrogens is 1. The van der Waals surface area contributed by atoms with E-state index in [9.17, 15) is 13.9 Å². The summed E-state index contributed by atoms with van der Waals surface area (Å²) in [6.45, 7) is 0.347. The van der Waals surface area contributed by atoms with E-state index < -0.39 is 12.1 Å². The summed E-state index contributed by atoms with van der Waals surface area (Å²) in [5.41, 5.74) is 3.40. The number of para-hydroxylation sites is 1. The van der Waals surface area contributed by atoms with Crippen molar-refractivity contribution in [3.63, 3.8) is 0 Å². The van der Waals surface area contributed by atoms with Gasteiger partial charge in [0.1, 0.15) is 11.6 Å². The number of aliphatic hydroxyl groups is 1. The van der Waals surface area contributed by atoms with Crippen LogP contribution in [-0.4, -0.2) is 29.4 Å². The Morgan fingerprint density at radius 1 is 0.931 bits per heavy atom. The molecular formula is C24H22F2N2O. The Labute approximate surface area is 168 Å². The molecule has 0 saturated carbocycles. The van der Waals surface area contributed by atoms with Gasteiger partial charge < -0.3 is 15.0 Å². The highest BCUT2D eigenvalue weighted by atomic mass is 19.1. The van der Waals surface area contributed by atoms with Gasteiger partial charge in [0.25, 0.3) is 0 Å². The van der Waals surface area contributed by atoms with Crippen LogP contribution in [0.3, 0.4) is 0 Å². The normalized spacial score (nSPS) is 13.5. The molecule has 0 saturated heterocycles. The van der Waals surface area contributed by atoms with Gasteiger partial charge in [0.05, 0.1) is 12.1 Å². The number of fused-ring (bicyclic) bond motifs is 1. The van der Waals surface area contributed by atoms with Gasteiger partial charge in [-0.15, -0.1) is 0 Å². The van der Waals surface area contributed by atoms with Crippen LogP contribution < -0.4 is 5.32 Å². The molecule has 0 amide bonds. The number of benzene rings is 3. The van der Waals surface area contributed by atoms with E-state index in [0.29, 0.717) is 12.1 Å². The zero-order chi connectivity index (χ0) is 20.4. The molecule has 0 aliphatic carbocycles. The Balaban J connectivity index is 1.93. The van der Waals surface area contributed by atoms with Crippen molar-refractivity contribution in [3.05, 3.63) is 96.2 Å². The highest BCUT2D eigenvalue weighted by Crippen LogP contribution is 2.35. The third-order valence-electron chi connectivity index (χ3n) is 5.16. The Morgan fingerprint density at radius 3 is 2.41 bits per heavy atom. The predicted molar refractivity (Wildman–Crippen MR) is 112 cm³/mol. The van der Waals surface area contributed by atoms with Crippen LogP contribution >= 0.6 is 0 Å². The van der Waals surface area contributed by atoms with E-state index in [-0.39, 0.29) is 11.6 Å². The van der Waals surface area contributed by atoms with Crippen molar-refractivity contribution in [1.29, 1.82) is 0 Å². The predicted octanol–water partition coefficient (Wildman–Crippen LogP) is 4.76. The van der Waals surface area contributed by atoms with Crippen molar-refractivity contribution < 1.29 is 13.9 Å². The van der Waals surface area contributed by atoms with Gasteiger partial charge >= 0.3 is 0 Å². The van der Waals surface area contributed by atoms with Crippen LogP contribution in [0.5, 0.6) is 0 Å². The van der Waals surface area contributed by atoms with E-state index in [1.54, 1.807) is 25.2 Å². The van der Waals surface area contributed by atoms with Gasteiger partial charge in [0, 0.05) is 29.2 Å². The van der Waals surface area contributed by atoms with Crippen LogP contribution in [0.1, 0.15) is 11.6 Å². The Morgan fingerprint density at radius 2 is 1.69 bits per heavy atom. The number of halogens is 2. The monoisotopic (exact) mass is 392 g/mol. The fourth-order valence-electron chi connectivity index (χ4n) is 3.87. The number of aliphatic hydroxyl groups excluding tert-OH is 1. The molecule has 3 nitrogen and oxygen atoms in total. The van der Waals surface area contributed by atoms with Gasteiger partial charge in [0.15, 0.2) is 0 Å². The third-order valence-corrected chi connectivity index (χ3v) is 5.16. The Bertz CT molecular complexity index is 1120. The van der Waals surface area contributed by atoms with Crippen molar-refractivity contribution in [2.75, 3.05) is 13.6 Å². The molecule has 0 bridgehead atoms. The lowest BCUT2D eigenvalue weighted by Gasteiger charge is -2.26. The summed E-state index contributed by atoms with van der Waals surface area (Å²) in [7, 11) is 1.77. The molecule has 4 rings (SSSR count). The fourth-order valence-corrected chi connectivity index (χ4v) is 3.87. The minimum atomic E-state index is -0.779. The molecule has 2 atom stereocenters. The minimum absolute atomic E-state index is 0.292. The average molecular weight is 392 g/mol. The van der Waals surface area contributed by atoms with Gasteiger partial charge in [-0.3, -0.25) is 0 Å². The van der Waals surface area contributed by atoms with Crippen molar-refractivity contribution in [2.45, 2.75) is 12.1 Å². The maximum atomic E-state index is 14.0. The number of hydrogen-bond donors (Lipinski definition) is 2. The Hall–Kier alpha value is -3.02. The van der Waals surface area contributed by atoms with E-state index in [2.05, 4.69) is 5.32 Å². The van der Waals surface area contributed by atoms with Crippen LogP contribution in [-0.2, 0) is 0 Å². The highest BCUT2D eigenvalue weighted by Gasteiger charge is 2.25. The SMILES string of the molecule is CNCC(O)C(c1cccc(F)c1)n1cc(-c2ccc(F)cc2)c2ccccc21. The van der Waals surface area contributed by atoms with E-state index in [4.69, 9.17) is 0 Å². The molecule has 1 aromatic heterocycles. The molecule has 0 fully saturated rings. The van der Waals surface area contributed by atoms with Gasteiger partial charge in [0.2, 0.25) is 0 Å². The molecule has 0 radical (unpaired) electrons. The first-order chi connectivity index (χ1) is 14.1. The summed E-state index contributed by atoms with van der Waals surface area (Å²) in [4.78, 5) is 0. The molecule has 0 spiro atoms. The van der Waals surface area contributed by atoms with Crippen molar-refractivity contribution in [3.8, 4) is 11.1 Å². The summed E-state index contributed by atoms with van der Waals surface area (Å²) in [6.07, 6.45) is 1.17. The van der Waals surface area contributed by atoms with Crippen LogP contribution in [0.2, 0.25) is 0 Å². The number of rotatable bonds is 6. The molecular weight excluding hydrogens is 370 g/mol. The molecule has 0 aliphatic heterocycles. The van der Waals surface area contributed by atoms with Crippen LogP contribution in [0.4, 0.5) is 8.78 Å². The van der Waals surface area contributed by atoms with Crippen molar-refractivity contribution in [2.24, 2.45) is 0 Å². The molecule has 2 unspecified atom stereocenters. The standard InChI is InChI=1S/C24H22F2N2O/c1-27-14-23(29)24(17-5-4-6-19(26)13-17)28-15-21(16-9-11-18(25)12-10-16)20-7-2-3-8-22(20)28/h2-13,15,23-24,27,29H,14H2,1H3. The maximum Gasteiger partial charge on any atom is 0.123 e. The van der Waals surface area contributed by atoms with E-state index in [1.165, 1.54) is 24.3 Å². The number of nitrogens with zero attached hydrogens (tertiary/aromatic N) is 1. The number of likely N-dealkylation sites (N-methyl/N-ethyl adjacent to an activating group) is 1. The fraction of sp³-hybridized carbons (Fsp3) is 0.167. The smallest absolute Gasteiger partial charge is 0.123 e. The zero-order valence-corrected chi connectivity index (χ0v) is 16.0. The summed E-state index contributed by atoms with van der Waals surface area (Å²) >= 11 is 0. The van der Waals surface area contributed by atoms with Crippen LogP contribution in [0, 0.1) is 11.6 Å². The first-order valence-corrected chi connectivity index (χ1v) is 9.52. The van der Waals surface area contributed by atoms with Crippen molar-refractivity contribution >= 4 is 10.9 Å². The van der Waals surface area contributed by atoms with E-state index in [0.717, 1.165) is 22.0 Å². The summed E-state index contributed by atoms with van der Waals surface area (Å²) < 4.78 is 29.4. The second-order valence-corrected chi connectivity index (χ2v) is 7.10. The van der Waals surface area contributed by atoms with Gasteiger partial charge in [-0.25, -0.2) is 8.78 Å². The van der Waals surface area contributed by atoms with Crippen molar-refractivity contribution in [1.82, 2.24) is 9.88 Å². The lowest BCUT2D eigenvalue weighted by atomic mass is 10.0. The molecule has 148 valence electrons. The van der Waals surface area contributed by atoms with Gasteiger partial charge in [-0.1, -0.05) is 42.5 Å². The van der Waals surface area contributed by atoms with Crippen LogP contribution in [0.15, 0.2) is 79.0 Å². The summed E-state index contributed by atoms with van der Waals surface area (Å²) in [5.74, 6) is -0.640. The Kier molecular flexibility index (Phi) is 5.43. The first-order valence-electron chi connectivity index (χ1n) is 9.52. The van der Waals surface area contributed by atoms with Crippen LogP contribution in [0.25, 0.3) is 22.0 Å². The minimum Gasteiger partial charge on any atom is -0.389 e. The molecule has 0 aliphatic rings. The molecule has 3 aromatic carbocycles. The maximum absolute atomic E-state index is 14.0. The van der Waals surface area contributed by atoms with Gasteiger partial charge in [-0.2, -0.15) is 0 Å². The third kappa shape index (κ3) is 3.79. The van der Waals surface area contributed by atoms with E-state index in [1.807, 2.05) is 41.1 Å². The van der Waals surface area contributed by atoms with E-state index >= 15 is 0 Å². The molecule has 2 N–H and O–H groups in total. The number of nitrogens with one attached hydrogen (secondary N) is 1. The van der Waals surface area contributed by atoms with Gasteiger partial charge in [-0.05, 0) is 48.5 Å². The number of hydrogen-bond acceptors (Lipinski definition) is 2. The lowest BCUT2D eigenvalue weighted by molar-refractivity contribution is 0.132. The lowest BCUT2D eigenvalue weighted by Crippen LogP contribution is -2.33. The molecule has 4 aromatic rings. The average Bonchev–Trinajstić information content (AvgIpc) is 3.09. The first kappa shape index (κ1) is 19.3. The molecule has 5 heteroatoms. The quantitative estimate of drug-likeness (QED) is 0.497. The largest absolute Gasteiger partial charge is 0.389 e.